The second-order valence-corrected chi connectivity index (χ2v) is 5.00. The number of nitrogens with zero attached hydrogens (tertiary/aromatic N) is 2. The maximum absolute atomic E-state index is 11.0. The van der Waals surface area contributed by atoms with Crippen molar-refractivity contribution in [3.63, 3.8) is 0 Å². The summed E-state index contributed by atoms with van der Waals surface area (Å²) in [6.07, 6.45) is 5.37. The van der Waals surface area contributed by atoms with E-state index in [0.717, 1.165) is 25.9 Å². The van der Waals surface area contributed by atoms with Gasteiger partial charge in [0.2, 0.25) is 0 Å². The number of nitrogens with one attached hydrogen (secondary N) is 1. The van der Waals surface area contributed by atoms with Gasteiger partial charge in [-0.25, -0.2) is 9.97 Å². The van der Waals surface area contributed by atoms with Gasteiger partial charge in [-0.3, -0.25) is 4.79 Å². The van der Waals surface area contributed by atoms with Gasteiger partial charge in [-0.15, -0.1) is 0 Å². The molecule has 104 valence electrons. The van der Waals surface area contributed by atoms with Gasteiger partial charge in [0.15, 0.2) is 6.29 Å². The summed E-state index contributed by atoms with van der Waals surface area (Å²) in [6.45, 7) is 3.30. The third-order valence-electron chi connectivity index (χ3n) is 3.16. The van der Waals surface area contributed by atoms with E-state index < -0.39 is 0 Å². The second kappa shape index (κ2) is 6.82. The molecule has 1 N–H and O–H groups in total. The summed E-state index contributed by atoms with van der Waals surface area (Å²) in [7, 11) is 0. The van der Waals surface area contributed by atoms with Crippen LogP contribution in [0.3, 0.4) is 0 Å². The SMILES string of the molecule is Cc1nc(Cl)c(C=O)c(NCCC2CCCCO2)n1. The van der Waals surface area contributed by atoms with E-state index in [-0.39, 0.29) is 5.15 Å². The fourth-order valence-electron chi connectivity index (χ4n) is 2.17. The highest BCUT2D eigenvalue weighted by Crippen LogP contribution is 2.20. The minimum Gasteiger partial charge on any atom is -0.378 e. The number of ether oxygens (including phenoxy) is 1. The van der Waals surface area contributed by atoms with Gasteiger partial charge >= 0.3 is 0 Å². The van der Waals surface area contributed by atoms with Gasteiger partial charge in [0.1, 0.15) is 16.8 Å². The molecule has 1 unspecified atom stereocenters. The predicted molar refractivity (Wildman–Crippen MR) is 73.9 cm³/mol. The van der Waals surface area contributed by atoms with E-state index in [1.165, 1.54) is 6.42 Å². The molecule has 1 atom stereocenters. The number of carbonyl (C=O) groups is 1. The topological polar surface area (TPSA) is 64.1 Å². The maximum atomic E-state index is 11.0. The van der Waals surface area contributed by atoms with Crippen LogP contribution in [0.4, 0.5) is 5.82 Å². The van der Waals surface area contributed by atoms with Crippen LogP contribution in [0, 0.1) is 6.92 Å². The third-order valence-corrected chi connectivity index (χ3v) is 3.45. The number of aryl methyl sites for hydroxylation is 1. The molecule has 1 aliphatic rings. The molecule has 1 saturated heterocycles. The van der Waals surface area contributed by atoms with Crippen LogP contribution in [-0.2, 0) is 4.74 Å². The number of hydrogen-bond donors (Lipinski definition) is 1. The Bertz CT molecular complexity index is 448. The van der Waals surface area contributed by atoms with Crippen molar-refractivity contribution in [1.82, 2.24) is 9.97 Å². The third kappa shape index (κ3) is 3.88. The highest BCUT2D eigenvalue weighted by Gasteiger charge is 2.15. The lowest BCUT2D eigenvalue weighted by atomic mass is 10.1. The summed E-state index contributed by atoms with van der Waals surface area (Å²) in [4.78, 5) is 19.2. The molecule has 1 aromatic heterocycles. The largest absolute Gasteiger partial charge is 0.378 e. The Hall–Kier alpha value is -1.20. The lowest BCUT2D eigenvalue weighted by Crippen LogP contribution is -2.22. The van der Waals surface area contributed by atoms with Crippen LogP contribution in [0.5, 0.6) is 0 Å². The molecular weight excluding hydrogens is 266 g/mol. The molecule has 2 rings (SSSR count). The van der Waals surface area contributed by atoms with Gasteiger partial charge < -0.3 is 10.1 Å². The molecule has 1 fully saturated rings. The molecule has 0 spiro atoms. The van der Waals surface area contributed by atoms with Crippen LogP contribution in [0.2, 0.25) is 5.15 Å². The van der Waals surface area contributed by atoms with Crippen molar-refractivity contribution in [2.75, 3.05) is 18.5 Å². The van der Waals surface area contributed by atoms with E-state index >= 15 is 0 Å². The number of carbonyl (C=O) groups excluding carboxylic acids is 1. The molecule has 0 saturated carbocycles. The van der Waals surface area contributed by atoms with E-state index in [1.54, 1.807) is 6.92 Å². The molecule has 0 bridgehead atoms. The first-order valence-electron chi connectivity index (χ1n) is 6.55. The summed E-state index contributed by atoms with van der Waals surface area (Å²) in [5, 5.41) is 3.34. The van der Waals surface area contributed by atoms with Crippen LogP contribution >= 0.6 is 11.6 Å². The first-order valence-corrected chi connectivity index (χ1v) is 6.93. The summed E-state index contributed by atoms with van der Waals surface area (Å²) < 4.78 is 5.65. The standard InChI is InChI=1S/C13H18ClN3O2/c1-9-16-12(14)11(8-18)13(17-9)15-6-5-10-4-2-3-7-19-10/h8,10H,2-7H2,1H3,(H,15,16,17). The van der Waals surface area contributed by atoms with Gasteiger partial charge in [-0.2, -0.15) is 0 Å². The van der Waals surface area contributed by atoms with E-state index in [4.69, 9.17) is 16.3 Å². The average molecular weight is 284 g/mol. The Morgan fingerprint density at radius 3 is 3.00 bits per heavy atom. The van der Waals surface area contributed by atoms with E-state index in [0.29, 0.717) is 36.1 Å². The predicted octanol–water partition coefficient (Wildman–Crippen LogP) is 2.62. The molecule has 6 heteroatoms. The van der Waals surface area contributed by atoms with Crippen LogP contribution in [0.1, 0.15) is 41.9 Å². The minimum atomic E-state index is 0.193. The molecule has 5 nitrogen and oxygen atoms in total. The van der Waals surface area contributed by atoms with Crippen molar-refractivity contribution in [3.8, 4) is 0 Å². The van der Waals surface area contributed by atoms with Crippen molar-refractivity contribution in [2.45, 2.75) is 38.7 Å². The highest BCUT2D eigenvalue weighted by molar-refractivity contribution is 6.32. The zero-order valence-electron chi connectivity index (χ0n) is 11.0. The van der Waals surface area contributed by atoms with Gasteiger partial charge in [0.05, 0.1) is 11.7 Å². The Balaban J connectivity index is 1.93. The lowest BCUT2D eigenvalue weighted by molar-refractivity contribution is 0.0134. The number of aromatic nitrogens is 2. The number of rotatable bonds is 5. The van der Waals surface area contributed by atoms with E-state index in [9.17, 15) is 4.79 Å². The Morgan fingerprint density at radius 2 is 2.32 bits per heavy atom. The first kappa shape index (κ1) is 14.2. The molecule has 0 amide bonds. The average Bonchev–Trinajstić information content (AvgIpc) is 2.39. The van der Waals surface area contributed by atoms with Gasteiger partial charge in [-0.05, 0) is 32.6 Å². The normalized spacial score (nSPS) is 19.2. The highest BCUT2D eigenvalue weighted by atomic mass is 35.5. The monoisotopic (exact) mass is 283 g/mol. The maximum Gasteiger partial charge on any atom is 0.156 e. The van der Waals surface area contributed by atoms with E-state index in [1.807, 2.05) is 0 Å². The number of halogens is 1. The number of anilines is 1. The summed E-state index contributed by atoms with van der Waals surface area (Å²) in [6, 6.07) is 0. The zero-order chi connectivity index (χ0) is 13.7. The van der Waals surface area contributed by atoms with Crippen molar-refractivity contribution >= 4 is 23.7 Å². The number of aldehydes is 1. The molecule has 0 radical (unpaired) electrons. The van der Waals surface area contributed by atoms with Crippen molar-refractivity contribution in [2.24, 2.45) is 0 Å². The summed E-state index contributed by atoms with van der Waals surface area (Å²) in [5.41, 5.74) is 0.317. The van der Waals surface area contributed by atoms with Gasteiger partial charge in [-0.1, -0.05) is 11.6 Å². The quantitative estimate of drug-likeness (QED) is 0.665. The van der Waals surface area contributed by atoms with Crippen molar-refractivity contribution in [3.05, 3.63) is 16.5 Å². The molecular formula is C13H18ClN3O2. The molecule has 1 aromatic rings. The molecule has 2 heterocycles. The zero-order valence-corrected chi connectivity index (χ0v) is 11.7. The van der Waals surface area contributed by atoms with Gasteiger partial charge in [0.25, 0.3) is 0 Å². The van der Waals surface area contributed by atoms with Crippen molar-refractivity contribution < 1.29 is 9.53 Å². The van der Waals surface area contributed by atoms with Crippen LogP contribution in [0.15, 0.2) is 0 Å². The minimum absolute atomic E-state index is 0.193. The second-order valence-electron chi connectivity index (χ2n) is 4.65. The molecule has 19 heavy (non-hydrogen) atoms. The Kier molecular flexibility index (Phi) is 5.10. The lowest BCUT2D eigenvalue weighted by Gasteiger charge is -2.22. The van der Waals surface area contributed by atoms with E-state index in [2.05, 4.69) is 15.3 Å². The Morgan fingerprint density at radius 1 is 1.47 bits per heavy atom. The van der Waals surface area contributed by atoms with Gasteiger partial charge in [0, 0.05) is 13.2 Å². The summed E-state index contributed by atoms with van der Waals surface area (Å²) >= 11 is 5.92. The smallest absolute Gasteiger partial charge is 0.156 e. The molecule has 0 aromatic carbocycles. The fourth-order valence-corrected chi connectivity index (χ4v) is 2.43. The molecule has 0 aliphatic carbocycles. The molecule has 1 aliphatic heterocycles. The van der Waals surface area contributed by atoms with Crippen LogP contribution < -0.4 is 5.32 Å². The Labute approximate surface area is 117 Å². The van der Waals surface area contributed by atoms with Crippen LogP contribution in [0.25, 0.3) is 0 Å². The number of hydrogen-bond acceptors (Lipinski definition) is 5. The summed E-state index contributed by atoms with van der Waals surface area (Å²) in [5.74, 6) is 1.05. The van der Waals surface area contributed by atoms with Crippen LogP contribution in [-0.4, -0.2) is 35.5 Å². The fraction of sp³-hybridized carbons (Fsp3) is 0.615. The van der Waals surface area contributed by atoms with Crippen molar-refractivity contribution in [1.29, 1.82) is 0 Å². The first-order chi connectivity index (χ1) is 9.20.